The number of likely N-dealkylation sites (tertiary alicyclic amines) is 1. The van der Waals surface area contributed by atoms with Crippen molar-refractivity contribution in [3.05, 3.63) is 0 Å². The molecule has 0 spiro atoms. The summed E-state index contributed by atoms with van der Waals surface area (Å²) in [4.78, 5) is 25.4. The Morgan fingerprint density at radius 3 is 2.90 bits per heavy atom. The van der Waals surface area contributed by atoms with E-state index in [-0.39, 0.29) is 23.9 Å². The highest BCUT2D eigenvalue weighted by atomic mass is 16.5. The molecule has 2 fully saturated rings. The van der Waals surface area contributed by atoms with Crippen molar-refractivity contribution >= 4 is 11.9 Å². The van der Waals surface area contributed by atoms with Gasteiger partial charge in [-0.3, -0.25) is 14.5 Å². The van der Waals surface area contributed by atoms with Gasteiger partial charge in [-0.25, -0.2) is 0 Å². The first-order valence-electron chi connectivity index (χ1n) is 7.37. The largest absolute Gasteiger partial charge is 0.469 e. The lowest BCUT2D eigenvalue weighted by molar-refractivity contribution is -0.147. The maximum atomic E-state index is 11.9. The summed E-state index contributed by atoms with van der Waals surface area (Å²) in [6.45, 7) is 3.21. The summed E-state index contributed by atoms with van der Waals surface area (Å²) in [6.07, 6.45) is 4.05. The first-order chi connectivity index (χ1) is 9.69. The second-order valence-electron chi connectivity index (χ2n) is 5.54. The quantitative estimate of drug-likeness (QED) is 0.729. The summed E-state index contributed by atoms with van der Waals surface area (Å²) in [5, 5.41) is 2.91. The van der Waals surface area contributed by atoms with Crippen LogP contribution in [0.5, 0.6) is 0 Å². The number of rotatable bonds is 5. The lowest BCUT2D eigenvalue weighted by Crippen LogP contribution is -2.45. The zero-order valence-corrected chi connectivity index (χ0v) is 12.1. The minimum absolute atomic E-state index is 0.00557. The molecule has 2 aliphatic rings. The van der Waals surface area contributed by atoms with Gasteiger partial charge < -0.3 is 14.8 Å². The zero-order chi connectivity index (χ0) is 14.4. The van der Waals surface area contributed by atoms with E-state index in [1.165, 1.54) is 7.11 Å². The van der Waals surface area contributed by atoms with Gasteiger partial charge in [-0.2, -0.15) is 0 Å². The number of esters is 1. The van der Waals surface area contributed by atoms with Crippen molar-refractivity contribution < 1.29 is 19.1 Å². The molecule has 2 rings (SSSR count). The number of hydrogen-bond acceptors (Lipinski definition) is 5. The predicted molar refractivity (Wildman–Crippen MR) is 73.2 cm³/mol. The van der Waals surface area contributed by atoms with Gasteiger partial charge in [-0.15, -0.1) is 0 Å². The Balaban J connectivity index is 1.68. The van der Waals surface area contributed by atoms with Crippen LogP contribution in [0.2, 0.25) is 0 Å². The zero-order valence-electron chi connectivity index (χ0n) is 12.1. The molecule has 20 heavy (non-hydrogen) atoms. The van der Waals surface area contributed by atoms with Gasteiger partial charge in [0.1, 0.15) is 0 Å². The SMILES string of the molecule is COC(=O)[C@H]1CCCN(CC(=O)NCC2CCCO2)C1. The van der Waals surface area contributed by atoms with Crippen LogP contribution in [-0.4, -0.2) is 62.8 Å². The molecule has 1 amide bonds. The molecule has 2 heterocycles. The summed E-state index contributed by atoms with van der Waals surface area (Å²) in [5.74, 6) is -0.264. The molecule has 0 bridgehead atoms. The first kappa shape index (κ1) is 15.3. The highest BCUT2D eigenvalue weighted by Crippen LogP contribution is 2.17. The normalized spacial score (nSPS) is 27.2. The Morgan fingerprint density at radius 1 is 1.35 bits per heavy atom. The van der Waals surface area contributed by atoms with Gasteiger partial charge in [0, 0.05) is 19.7 Å². The number of methoxy groups -OCH3 is 1. The van der Waals surface area contributed by atoms with Crippen molar-refractivity contribution in [3.8, 4) is 0 Å². The van der Waals surface area contributed by atoms with E-state index in [4.69, 9.17) is 9.47 Å². The summed E-state index contributed by atoms with van der Waals surface area (Å²) < 4.78 is 10.2. The van der Waals surface area contributed by atoms with E-state index in [9.17, 15) is 9.59 Å². The molecule has 0 aromatic heterocycles. The number of ether oxygens (including phenoxy) is 2. The predicted octanol–water partition coefficient (Wildman–Crippen LogP) is 0.167. The van der Waals surface area contributed by atoms with E-state index >= 15 is 0 Å². The smallest absolute Gasteiger partial charge is 0.309 e. The van der Waals surface area contributed by atoms with Crippen molar-refractivity contribution in [2.45, 2.75) is 31.8 Å². The fraction of sp³-hybridized carbons (Fsp3) is 0.857. The Morgan fingerprint density at radius 2 is 2.20 bits per heavy atom. The molecular formula is C14H24N2O4. The van der Waals surface area contributed by atoms with Crippen molar-refractivity contribution in [2.24, 2.45) is 5.92 Å². The van der Waals surface area contributed by atoms with Crippen molar-refractivity contribution in [2.75, 3.05) is 39.9 Å². The van der Waals surface area contributed by atoms with Gasteiger partial charge in [-0.05, 0) is 32.2 Å². The molecule has 0 aromatic rings. The van der Waals surface area contributed by atoms with Crippen LogP contribution in [0.3, 0.4) is 0 Å². The van der Waals surface area contributed by atoms with Crippen LogP contribution in [0.25, 0.3) is 0 Å². The third kappa shape index (κ3) is 4.45. The van der Waals surface area contributed by atoms with Gasteiger partial charge in [0.25, 0.3) is 0 Å². The number of piperidine rings is 1. The van der Waals surface area contributed by atoms with Crippen molar-refractivity contribution in [1.82, 2.24) is 10.2 Å². The monoisotopic (exact) mass is 284 g/mol. The summed E-state index contributed by atoms with van der Waals surface area (Å²) in [6, 6.07) is 0. The molecule has 0 aliphatic carbocycles. The van der Waals surface area contributed by atoms with Crippen LogP contribution in [-0.2, 0) is 19.1 Å². The second-order valence-corrected chi connectivity index (χ2v) is 5.54. The number of hydrogen-bond donors (Lipinski definition) is 1. The molecule has 2 saturated heterocycles. The third-order valence-electron chi connectivity index (χ3n) is 3.96. The number of nitrogens with zero attached hydrogens (tertiary/aromatic N) is 1. The molecule has 2 aliphatic heterocycles. The summed E-state index contributed by atoms with van der Waals surface area (Å²) in [7, 11) is 1.41. The van der Waals surface area contributed by atoms with Crippen molar-refractivity contribution in [3.63, 3.8) is 0 Å². The fourth-order valence-corrected chi connectivity index (χ4v) is 2.85. The molecule has 6 heteroatoms. The molecule has 0 radical (unpaired) electrons. The van der Waals surface area contributed by atoms with Crippen LogP contribution in [0.4, 0.5) is 0 Å². The van der Waals surface area contributed by atoms with Gasteiger partial charge in [0.05, 0.1) is 25.7 Å². The average Bonchev–Trinajstić information content (AvgIpc) is 2.98. The second kappa shape index (κ2) is 7.59. The maximum Gasteiger partial charge on any atom is 0.309 e. The lowest BCUT2D eigenvalue weighted by atomic mass is 9.98. The van der Waals surface area contributed by atoms with Gasteiger partial charge >= 0.3 is 5.97 Å². The third-order valence-corrected chi connectivity index (χ3v) is 3.96. The topological polar surface area (TPSA) is 67.9 Å². The van der Waals surface area contributed by atoms with Gasteiger partial charge in [0.2, 0.25) is 5.91 Å². The van der Waals surface area contributed by atoms with E-state index < -0.39 is 0 Å². The first-order valence-corrected chi connectivity index (χ1v) is 7.37. The minimum Gasteiger partial charge on any atom is -0.469 e. The van der Waals surface area contributed by atoms with Crippen molar-refractivity contribution in [1.29, 1.82) is 0 Å². The average molecular weight is 284 g/mol. The Bertz CT molecular complexity index is 342. The summed E-state index contributed by atoms with van der Waals surface area (Å²) >= 11 is 0. The molecule has 1 N–H and O–H groups in total. The molecule has 6 nitrogen and oxygen atoms in total. The van der Waals surface area contributed by atoms with Gasteiger partial charge in [0.15, 0.2) is 0 Å². The lowest BCUT2D eigenvalue weighted by Gasteiger charge is -2.30. The molecule has 0 saturated carbocycles. The minimum atomic E-state index is -0.172. The summed E-state index contributed by atoms with van der Waals surface area (Å²) in [5.41, 5.74) is 0. The molecule has 1 unspecified atom stereocenters. The molecule has 114 valence electrons. The number of carbonyl (C=O) groups is 2. The molecule has 0 aromatic carbocycles. The van der Waals surface area contributed by atoms with Crippen LogP contribution in [0, 0.1) is 5.92 Å². The standard InChI is InChI=1S/C14H24N2O4/c1-19-14(18)11-4-2-6-16(9-11)10-13(17)15-8-12-5-3-7-20-12/h11-12H,2-10H2,1H3,(H,15,17)/t11-,12?/m0/s1. The van der Waals surface area contributed by atoms with Crippen LogP contribution in [0.1, 0.15) is 25.7 Å². The number of amides is 1. The van der Waals surface area contributed by atoms with Crippen LogP contribution >= 0.6 is 0 Å². The van der Waals surface area contributed by atoms with E-state index in [0.717, 1.165) is 38.8 Å². The fourth-order valence-electron chi connectivity index (χ4n) is 2.85. The highest BCUT2D eigenvalue weighted by Gasteiger charge is 2.27. The van der Waals surface area contributed by atoms with E-state index in [1.54, 1.807) is 0 Å². The number of nitrogens with one attached hydrogen (secondary N) is 1. The van der Waals surface area contributed by atoms with Crippen LogP contribution in [0.15, 0.2) is 0 Å². The Kier molecular flexibility index (Phi) is 5.79. The molecule has 2 atom stereocenters. The van der Waals surface area contributed by atoms with Crippen LogP contribution < -0.4 is 5.32 Å². The Labute approximate surface area is 119 Å². The van der Waals surface area contributed by atoms with E-state index in [1.807, 2.05) is 4.90 Å². The maximum absolute atomic E-state index is 11.9. The molecular weight excluding hydrogens is 260 g/mol. The van der Waals surface area contributed by atoms with E-state index in [0.29, 0.717) is 19.6 Å². The highest BCUT2D eigenvalue weighted by molar-refractivity contribution is 5.78. The number of carbonyl (C=O) groups excluding carboxylic acids is 2. The van der Waals surface area contributed by atoms with E-state index in [2.05, 4.69) is 5.32 Å². The Hall–Kier alpha value is -1.14. The van der Waals surface area contributed by atoms with Gasteiger partial charge in [-0.1, -0.05) is 0 Å².